The zero-order valence-corrected chi connectivity index (χ0v) is 16.5. The van der Waals surface area contributed by atoms with E-state index in [0.29, 0.717) is 6.10 Å². The van der Waals surface area contributed by atoms with Gasteiger partial charge in [0.2, 0.25) is 0 Å². The molecule has 0 radical (unpaired) electrons. The van der Waals surface area contributed by atoms with Crippen molar-refractivity contribution in [3.63, 3.8) is 0 Å². The van der Waals surface area contributed by atoms with E-state index in [2.05, 4.69) is 29.6 Å². The molecule has 6 heteroatoms. The fraction of sp³-hybridized carbons (Fsp3) is 0.476. The van der Waals surface area contributed by atoms with Crippen molar-refractivity contribution in [3.05, 3.63) is 47.8 Å². The van der Waals surface area contributed by atoms with Crippen LogP contribution in [0.25, 0.3) is 6.20 Å². The van der Waals surface area contributed by atoms with E-state index < -0.39 is 0 Å². The van der Waals surface area contributed by atoms with Crippen molar-refractivity contribution in [3.8, 4) is 11.5 Å². The van der Waals surface area contributed by atoms with Crippen molar-refractivity contribution >= 4 is 6.20 Å². The van der Waals surface area contributed by atoms with E-state index in [4.69, 9.17) is 14.2 Å². The van der Waals surface area contributed by atoms with Gasteiger partial charge in [0.15, 0.2) is 11.5 Å². The summed E-state index contributed by atoms with van der Waals surface area (Å²) in [7, 11) is 3.32. The molecular weight excluding hydrogens is 342 g/mol. The van der Waals surface area contributed by atoms with Crippen molar-refractivity contribution in [2.24, 2.45) is 0 Å². The first-order valence-electron chi connectivity index (χ1n) is 9.35. The van der Waals surface area contributed by atoms with Gasteiger partial charge in [0, 0.05) is 43.7 Å². The molecule has 0 saturated carbocycles. The molecule has 1 saturated heterocycles. The zero-order valence-electron chi connectivity index (χ0n) is 16.5. The minimum atomic E-state index is 0.292. The molecule has 2 heterocycles. The minimum absolute atomic E-state index is 0.292. The maximum absolute atomic E-state index is 5.87. The van der Waals surface area contributed by atoms with Crippen molar-refractivity contribution < 1.29 is 14.2 Å². The molecule has 0 aliphatic carbocycles. The van der Waals surface area contributed by atoms with E-state index in [0.717, 1.165) is 56.3 Å². The van der Waals surface area contributed by atoms with Crippen molar-refractivity contribution in [2.75, 3.05) is 27.4 Å². The highest BCUT2D eigenvalue weighted by Gasteiger charge is 2.21. The average molecular weight is 371 g/mol. The summed E-state index contributed by atoms with van der Waals surface area (Å²) in [5, 5.41) is 4.38. The first-order chi connectivity index (χ1) is 13.1. The van der Waals surface area contributed by atoms with Gasteiger partial charge in [0.25, 0.3) is 0 Å². The van der Waals surface area contributed by atoms with Crippen LogP contribution in [-0.4, -0.2) is 48.2 Å². The van der Waals surface area contributed by atoms with E-state index in [9.17, 15) is 0 Å². The molecule has 146 valence electrons. The van der Waals surface area contributed by atoms with Gasteiger partial charge in [-0.15, -0.1) is 0 Å². The molecule has 6 nitrogen and oxygen atoms in total. The second kappa shape index (κ2) is 9.06. The molecule has 1 aliphatic heterocycles. The second-order valence-corrected chi connectivity index (χ2v) is 6.88. The first kappa shape index (κ1) is 19.5. The largest absolute Gasteiger partial charge is 0.493 e. The molecule has 1 unspecified atom stereocenters. The van der Waals surface area contributed by atoms with Crippen molar-refractivity contribution in [1.29, 1.82) is 0 Å². The fourth-order valence-electron chi connectivity index (χ4n) is 3.54. The van der Waals surface area contributed by atoms with E-state index in [1.807, 2.05) is 23.0 Å². The number of methoxy groups -OCH3 is 2. The smallest absolute Gasteiger partial charge is 0.161 e. The Kier molecular flexibility index (Phi) is 6.53. The number of aromatic nitrogens is 2. The molecule has 1 fully saturated rings. The highest BCUT2D eigenvalue weighted by molar-refractivity contribution is 5.42. The molecular formula is C21H29N3O3. The van der Waals surface area contributed by atoms with Crippen LogP contribution in [0.15, 0.2) is 31.0 Å². The summed E-state index contributed by atoms with van der Waals surface area (Å²) >= 11 is 0. The summed E-state index contributed by atoms with van der Waals surface area (Å²) in [6, 6.07) is 6.09. The van der Waals surface area contributed by atoms with Crippen LogP contribution in [0.5, 0.6) is 11.5 Å². The van der Waals surface area contributed by atoms with Gasteiger partial charge in [-0.3, -0.25) is 4.90 Å². The summed E-state index contributed by atoms with van der Waals surface area (Å²) < 4.78 is 18.5. The van der Waals surface area contributed by atoms with Gasteiger partial charge in [-0.1, -0.05) is 12.6 Å². The molecule has 0 spiro atoms. The van der Waals surface area contributed by atoms with Crippen LogP contribution in [0, 0.1) is 6.92 Å². The Bertz CT molecular complexity index is 766. The Balaban J connectivity index is 1.78. The number of benzene rings is 1. The highest BCUT2D eigenvalue weighted by atomic mass is 16.5. The topological polar surface area (TPSA) is 48.8 Å². The quantitative estimate of drug-likeness (QED) is 0.675. The summed E-state index contributed by atoms with van der Waals surface area (Å²) in [5.41, 5.74) is 3.50. The number of ether oxygens (including phenoxy) is 3. The lowest BCUT2D eigenvalue weighted by atomic mass is 10.1. The monoisotopic (exact) mass is 371 g/mol. The Morgan fingerprint density at radius 2 is 2.11 bits per heavy atom. The molecule has 1 aromatic heterocycles. The van der Waals surface area contributed by atoms with Gasteiger partial charge in [-0.2, -0.15) is 5.10 Å². The molecule has 3 rings (SSSR count). The van der Waals surface area contributed by atoms with Crippen LogP contribution in [0.4, 0.5) is 0 Å². The van der Waals surface area contributed by atoms with Gasteiger partial charge in [-0.05, 0) is 37.5 Å². The molecule has 0 bridgehead atoms. The number of hydrogen-bond acceptors (Lipinski definition) is 5. The predicted molar refractivity (Wildman–Crippen MR) is 106 cm³/mol. The van der Waals surface area contributed by atoms with E-state index in [-0.39, 0.29) is 0 Å². The van der Waals surface area contributed by atoms with Crippen molar-refractivity contribution in [2.45, 2.75) is 39.0 Å². The minimum Gasteiger partial charge on any atom is -0.493 e. The highest BCUT2D eigenvalue weighted by Crippen LogP contribution is 2.28. The molecule has 1 aliphatic rings. The third-order valence-electron chi connectivity index (χ3n) is 5.05. The lowest BCUT2D eigenvalue weighted by Gasteiger charge is -2.25. The normalized spacial score (nSPS) is 16.7. The molecule has 0 N–H and O–H groups in total. The number of rotatable bonds is 9. The fourth-order valence-corrected chi connectivity index (χ4v) is 3.54. The number of hydrogen-bond donors (Lipinski definition) is 0. The van der Waals surface area contributed by atoms with E-state index in [1.54, 1.807) is 20.4 Å². The maximum atomic E-state index is 5.87. The predicted octanol–water partition coefficient (Wildman–Crippen LogP) is 3.49. The standard InChI is InChI=1S/C21H29N3O3/c1-5-24-16(2)18(12-22-24)14-23(15-19-7-6-10-27-19)13-17-8-9-20(25-3)21(11-17)26-4/h5,8-9,11-12,19H,1,6-7,10,13-15H2,2-4H3. The SMILES string of the molecule is C=Cn1ncc(CN(Cc2ccc(OC)c(OC)c2)CC2CCCO2)c1C. The van der Waals surface area contributed by atoms with Crippen molar-refractivity contribution in [1.82, 2.24) is 14.7 Å². The van der Waals surface area contributed by atoms with Gasteiger partial charge in [-0.25, -0.2) is 4.68 Å². The maximum Gasteiger partial charge on any atom is 0.161 e. The summed E-state index contributed by atoms with van der Waals surface area (Å²) in [5.74, 6) is 1.50. The summed E-state index contributed by atoms with van der Waals surface area (Å²) in [4.78, 5) is 2.41. The Morgan fingerprint density at radius 3 is 2.74 bits per heavy atom. The van der Waals surface area contributed by atoms with Gasteiger partial charge in [0.1, 0.15) is 0 Å². The summed E-state index contributed by atoms with van der Waals surface area (Å²) in [6.07, 6.45) is 6.21. The molecule has 1 aromatic carbocycles. The Morgan fingerprint density at radius 1 is 1.30 bits per heavy atom. The van der Waals surface area contributed by atoms with E-state index in [1.165, 1.54) is 11.1 Å². The molecule has 2 aromatic rings. The molecule has 27 heavy (non-hydrogen) atoms. The van der Waals surface area contributed by atoms with Crippen LogP contribution in [0.1, 0.15) is 29.7 Å². The lowest BCUT2D eigenvalue weighted by molar-refractivity contribution is 0.0678. The van der Waals surface area contributed by atoms with Crippen LogP contribution in [0.3, 0.4) is 0 Å². The Hall–Kier alpha value is -2.31. The van der Waals surface area contributed by atoms with Gasteiger partial charge < -0.3 is 14.2 Å². The third kappa shape index (κ3) is 4.70. The van der Waals surface area contributed by atoms with Crippen LogP contribution in [-0.2, 0) is 17.8 Å². The van der Waals surface area contributed by atoms with Crippen LogP contribution < -0.4 is 9.47 Å². The first-order valence-corrected chi connectivity index (χ1v) is 9.35. The molecule has 1 atom stereocenters. The zero-order chi connectivity index (χ0) is 19.2. The van der Waals surface area contributed by atoms with E-state index >= 15 is 0 Å². The molecule has 0 amide bonds. The van der Waals surface area contributed by atoms with Crippen LogP contribution >= 0.6 is 0 Å². The summed E-state index contributed by atoms with van der Waals surface area (Å²) in [6.45, 7) is 9.26. The second-order valence-electron chi connectivity index (χ2n) is 6.88. The average Bonchev–Trinajstić information content (AvgIpc) is 3.31. The Labute approximate surface area is 161 Å². The van der Waals surface area contributed by atoms with Gasteiger partial charge in [0.05, 0.1) is 26.5 Å². The lowest BCUT2D eigenvalue weighted by Crippen LogP contribution is -2.31. The number of nitrogens with zero attached hydrogens (tertiary/aromatic N) is 3. The third-order valence-corrected chi connectivity index (χ3v) is 5.05. The van der Waals surface area contributed by atoms with Gasteiger partial charge >= 0.3 is 0 Å². The van der Waals surface area contributed by atoms with Crippen LogP contribution in [0.2, 0.25) is 0 Å².